The molecule has 3 rings (SSSR count). The van der Waals surface area contributed by atoms with Crippen LogP contribution in [0, 0.1) is 23.7 Å². The monoisotopic (exact) mass is 763 g/mol. The number of hydrogen-bond acceptors (Lipinski definition) is 15. The number of rotatable bonds is 8. The molecule has 0 aromatic heterocycles. The first kappa shape index (κ1) is 46.0. The van der Waals surface area contributed by atoms with E-state index in [-0.39, 0.29) is 25.0 Å². The lowest BCUT2D eigenvalue weighted by Crippen LogP contribution is -2.62. The lowest BCUT2D eigenvalue weighted by atomic mass is 9.73. The number of esters is 1. The van der Waals surface area contributed by atoms with Gasteiger partial charge in [0.05, 0.1) is 53.7 Å². The van der Waals surface area contributed by atoms with E-state index in [1.165, 1.54) is 35.0 Å². The molecular weight excluding hydrogens is 694 g/mol. The summed E-state index contributed by atoms with van der Waals surface area (Å²) in [4.78, 5) is 30.1. The molecule has 0 saturated carbocycles. The molecule has 3 saturated heterocycles. The standard InChI is InChI=1S/C38H69NO14/c1-18-16-37(9,48-14)32(53-35-28(42)25(39(11)12)15-19(2)49-35)21(4)29(51-26-17-36(8,47-13)31(44)24(7)50-26)22(5)34(45)52-33(23(6)40)38(10,46)30(43)20(3)27(18)41/h18-26,28-33,35,40,42-44,46H,15-17H2,1-14H3/t18-,19-,20+,21+,22-,23-,24+,25+,26+,28-,29+,30-,31+,32-,33-,35+,36-,37-,38+/m1/s1. The third-order valence-corrected chi connectivity index (χ3v) is 12.2. The largest absolute Gasteiger partial charge is 0.456 e. The quantitative estimate of drug-likeness (QED) is 0.222. The van der Waals surface area contributed by atoms with E-state index < -0.39 is 114 Å². The van der Waals surface area contributed by atoms with E-state index in [1.807, 2.05) is 25.9 Å². The predicted molar refractivity (Wildman–Crippen MR) is 192 cm³/mol. The molecule has 19 atom stereocenters. The van der Waals surface area contributed by atoms with Gasteiger partial charge in [0, 0.05) is 44.4 Å². The van der Waals surface area contributed by atoms with E-state index in [9.17, 15) is 35.1 Å². The SMILES string of the molecule is CO[C@]1(C)C[C@@H](C)C(=O)[C@H](C)[C@@H](O)[C@](C)(O)[C@@H]([C@@H](C)O)OC(=O)[C@H](C)[C@@H](O[C@H]2C[C@@](C)(OC)[C@@H](O)[C@H](C)O2)[C@H](C)[C@H]1O[C@@H]1O[C@H](C)C[C@H](N(C)C)[C@H]1O. The fourth-order valence-corrected chi connectivity index (χ4v) is 8.64. The predicted octanol–water partition coefficient (Wildman–Crippen LogP) is 1.41. The van der Waals surface area contributed by atoms with Crippen LogP contribution in [0.25, 0.3) is 0 Å². The number of carbonyl (C=O) groups excluding carboxylic acids is 2. The molecule has 15 nitrogen and oxygen atoms in total. The molecule has 0 radical (unpaired) electrons. The Bertz CT molecular complexity index is 1220. The number of aliphatic hydroxyl groups is 5. The van der Waals surface area contributed by atoms with E-state index in [0.717, 1.165) is 0 Å². The highest BCUT2D eigenvalue weighted by Crippen LogP contribution is 2.42. The van der Waals surface area contributed by atoms with Gasteiger partial charge in [-0.25, -0.2) is 0 Å². The van der Waals surface area contributed by atoms with Gasteiger partial charge in [-0.1, -0.05) is 20.8 Å². The topological polar surface area (TPSA) is 203 Å². The zero-order chi connectivity index (χ0) is 40.5. The highest BCUT2D eigenvalue weighted by Gasteiger charge is 2.54. The molecule has 3 aliphatic rings. The molecule has 53 heavy (non-hydrogen) atoms. The zero-order valence-corrected chi connectivity index (χ0v) is 34.2. The van der Waals surface area contributed by atoms with Crippen molar-refractivity contribution in [2.45, 2.75) is 179 Å². The Balaban J connectivity index is 2.24. The van der Waals surface area contributed by atoms with Crippen molar-refractivity contribution >= 4 is 11.8 Å². The second-order valence-corrected chi connectivity index (χ2v) is 16.9. The summed E-state index contributed by atoms with van der Waals surface area (Å²) in [7, 11) is 6.68. The van der Waals surface area contributed by atoms with Gasteiger partial charge in [-0.3, -0.25) is 9.59 Å². The van der Waals surface area contributed by atoms with Crippen molar-refractivity contribution in [3.8, 4) is 0 Å². The van der Waals surface area contributed by atoms with Crippen molar-refractivity contribution in [1.29, 1.82) is 0 Å². The third kappa shape index (κ3) is 9.80. The molecule has 3 heterocycles. The van der Waals surface area contributed by atoms with Crippen molar-refractivity contribution in [2.24, 2.45) is 23.7 Å². The van der Waals surface area contributed by atoms with Gasteiger partial charge in [0.2, 0.25) is 0 Å². The van der Waals surface area contributed by atoms with E-state index in [2.05, 4.69) is 0 Å². The average molecular weight is 764 g/mol. The van der Waals surface area contributed by atoms with Gasteiger partial charge in [0.25, 0.3) is 0 Å². The summed E-state index contributed by atoms with van der Waals surface area (Å²) in [5.74, 6) is -5.10. The first-order valence-electron chi connectivity index (χ1n) is 18.9. The molecule has 0 unspecified atom stereocenters. The molecule has 5 N–H and O–H groups in total. The normalized spacial score (nSPS) is 48.9. The van der Waals surface area contributed by atoms with Crippen molar-refractivity contribution in [2.75, 3.05) is 28.3 Å². The Morgan fingerprint density at radius 3 is 1.96 bits per heavy atom. The highest BCUT2D eigenvalue weighted by atomic mass is 16.7. The Hall–Kier alpha value is -1.34. The molecule has 3 fully saturated rings. The average Bonchev–Trinajstić information content (AvgIpc) is 3.09. The van der Waals surface area contributed by atoms with Crippen LogP contribution in [-0.2, 0) is 42.7 Å². The fourth-order valence-electron chi connectivity index (χ4n) is 8.64. The summed E-state index contributed by atoms with van der Waals surface area (Å²) in [6.07, 6.45) is -11.5. The summed E-state index contributed by atoms with van der Waals surface area (Å²) < 4.78 is 43.6. The van der Waals surface area contributed by atoms with Crippen molar-refractivity contribution < 1.29 is 68.3 Å². The third-order valence-electron chi connectivity index (χ3n) is 12.2. The maximum Gasteiger partial charge on any atom is 0.311 e. The number of ether oxygens (including phenoxy) is 7. The minimum absolute atomic E-state index is 0.0578. The molecule has 310 valence electrons. The second-order valence-electron chi connectivity index (χ2n) is 16.9. The van der Waals surface area contributed by atoms with Crippen LogP contribution in [0.1, 0.15) is 88.5 Å². The number of methoxy groups -OCH3 is 2. The maximum atomic E-state index is 14.2. The van der Waals surface area contributed by atoms with Gasteiger partial charge in [0.15, 0.2) is 18.7 Å². The lowest BCUT2D eigenvalue weighted by molar-refractivity contribution is -0.319. The van der Waals surface area contributed by atoms with Crippen molar-refractivity contribution in [1.82, 2.24) is 4.90 Å². The van der Waals surface area contributed by atoms with E-state index in [4.69, 9.17) is 33.2 Å². The first-order valence-corrected chi connectivity index (χ1v) is 18.9. The summed E-state index contributed by atoms with van der Waals surface area (Å²) >= 11 is 0. The Kier molecular flexibility index (Phi) is 15.5. The smallest absolute Gasteiger partial charge is 0.311 e. The summed E-state index contributed by atoms with van der Waals surface area (Å²) in [5, 5.41) is 56.4. The number of ketones is 1. The Labute approximate surface area is 315 Å². The molecule has 0 aliphatic carbocycles. The molecular formula is C38H69NO14. The minimum Gasteiger partial charge on any atom is -0.456 e. The molecule has 0 aromatic carbocycles. The van der Waals surface area contributed by atoms with Crippen LogP contribution < -0.4 is 0 Å². The van der Waals surface area contributed by atoms with Gasteiger partial charge in [-0.05, 0) is 75.4 Å². The summed E-state index contributed by atoms with van der Waals surface area (Å²) in [5.41, 5.74) is -4.61. The van der Waals surface area contributed by atoms with Crippen LogP contribution in [0.2, 0.25) is 0 Å². The van der Waals surface area contributed by atoms with Crippen LogP contribution in [0.15, 0.2) is 0 Å². The maximum absolute atomic E-state index is 14.2. The van der Waals surface area contributed by atoms with Gasteiger partial charge in [-0.2, -0.15) is 0 Å². The number of nitrogens with zero attached hydrogens (tertiary/aromatic N) is 1. The molecule has 0 aromatic rings. The minimum atomic E-state index is -2.24. The fraction of sp³-hybridized carbons (Fsp3) is 0.947. The van der Waals surface area contributed by atoms with E-state index in [1.54, 1.807) is 41.5 Å². The van der Waals surface area contributed by atoms with Crippen LogP contribution in [-0.4, -0.2) is 161 Å². The van der Waals surface area contributed by atoms with E-state index in [0.29, 0.717) is 6.42 Å². The number of Topliss-reactive ketones (excluding diaryl/α,β-unsaturated/α-hetero) is 1. The van der Waals surface area contributed by atoms with Gasteiger partial charge >= 0.3 is 5.97 Å². The van der Waals surface area contributed by atoms with Crippen molar-refractivity contribution in [3.05, 3.63) is 0 Å². The molecule has 0 bridgehead atoms. The molecule has 0 spiro atoms. The van der Waals surface area contributed by atoms with Crippen LogP contribution in [0.5, 0.6) is 0 Å². The highest BCUT2D eigenvalue weighted by molar-refractivity contribution is 5.83. The van der Waals surface area contributed by atoms with Crippen LogP contribution >= 0.6 is 0 Å². The number of cyclic esters (lactones) is 1. The van der Waals surface area contributed by atoms with Gasteiger partial charge < -0.3 is 63.6 Å². The molecule has 3 aliphatic heterocycles. The number of hydrogen-bond donors (Lipinski definition) is 5. The Morgan fingerprint density at radius 1 is 0.849 bits per heavy atom. The zero-order valence-electron chi connectivity index (χ0n) is 34.2. The van der Waals surface area contributed by atoms with E-state index >= 15 is 0 Å². The lowest BCUT2D eigenvalue weighted by Gasteiger charge is -2.50. The number of aliphatic hydroxyl groups excluding tert-OH is 4. The second kappa shape index (κ2) is 17.9. The molecule has 15 heteroatoms. The number of carbonyl (C=O) groups is 2. The molecule has 0 amide bonds. The number of likely N-dealkylation sites (N-methyl/N-ethyl adjacent to an activating group) is 1. The Morgan fingerprint density at radius 2 is 1.43 bits per heavy atom. The van der Waals surface area contributed by atoms with Crippen LogP contribution in [0.3, 0.4) is 0 Å². The van der Waals surface area contributed by atoms with Gasteiger partial charge in [-0.15, -0.1) is 0 Å². The van der Waals surface area contributed by atoms with Crippen molar-refractivity contribution in [3.63, 3.8) is 0 Å². The first-order chi connectivity index (χ1) is 24.4. The van der Waals surface area contributed by atoms with Gasteiger partial charge in [0.1, 0.15) is 23.6 Å². The summed E-state index contributed by atoms with van der Waals surface area (Å²) in [6, 6.07) is -0.310. The van der Waals surface area contributed by atoms with Crippen LogP contribution in [0.4, 0.5) is 0 Å². The summed E-state index contributed by atoms with van der Waals surface area (Å²) in [6.45, 7) is 16.1.